The molecule has 0 N–H and O–H groups in total. The first-order valence-corrected chi connectivity index (χ1v) is 8.62. The molecule has 1 aromatic heterocycles. The van der Waals surface area contributed by atoms with Crippen LogP contribution in [-0.4, -0.2) is 32.7 Å². The molecule has 0 aliphatic carbocycles. The normalized spacial score (nSPS) is 11.1. The Morgan fingerprint density at radius 3 is 2.38 bits per heavy atom. The van der Waals surface area contributed by atoms with Gasteiger partial charge in [-0.2, -0.15) is 0 Å². The van der Waals surface area contributed by atoms with Crippen LogP contribution in [0.3, 0.4) is 0 Å². The fourth-order valence-electron chi connectivity index (χ4n) is 1.57. The molecule has 1 aromatic carbocycles. The third-order valence-corrected chi connectivity index (χ3v) is 4.67. The Morgan fingerprint density at radius 2 is 1.81 bits per heavy atom. The molecular formula is C14H13NO4S2. The van der Waals surface area contributed by atoms with E-state index in [0.29, 0.717) is 10.5 Å². The van der Waals surface area contributed by atoms with E-state index in [4.69, 9.17) is 0 Å². The van der Waals surface area contributed by atoms with Gasteiger partial charge in [0.25, 0.3) is 0 Å². The fourth-order valence-corrected chi connectivity index (χ4v) is 3.08. The predicted molar refractivity (Wildman–Crippen MR) is 79.3 cm³/mol. The van der Waals surface area contributed by atoms with E-state index in [1.54, 1.807) is 36.5 Å². The molecule has 0 amide bonds. The first-order chi connectivity index (χ1) is 9.90. The summed E-state index contributed by atoms with van der Waals surface area (Å²) >= 11 is 1.37. The van der Waals surface area contributed by atoms with Gasteiger partial charge in [-0.1, -0.05) is 11.8 Å². The predicted octanol–water partition coefficient (Wildman–Crippen LogP) is 2.42. The van der Waals surface area contributed by atoms with Gasteiger partial charge in [-0.25, -0.2) is 13.2 Å². The van der Waals surface area contributed by atoms with Crippen molar-refractivity contribution in [3.8, 4) is 0 Å². The molecule has 21 heavy (non-hydrogen) atoms. The Morgan fingerprint density at radius 1 is 1.14 bits per heavy atom. The monoisotopic (exact) mass is 323 g/mol. The smallest absolute Gasteiger partial charge is 0.337 e. The van der Waals surface area contributed by atoms with Crippen LogP contribution >= 0.6 is 11.8 Å². The highest BCUT2D eigenvalue weighted by Gasteiger charge is 2.09. The lowest BCUT2D eigenvalue weighted by Gasteiger charge is -2.04. The summed E-state index contributed by atoms with van der Waals surface area (Å²) < 4.78 is 27.6. The molecule has 0 aliphatic rings. The maximum atomic E-state index is 11.5. The Bertz CT molecular complexity index is 755. The number of pyridine rings is 1. The molecule has 0 unspecified atom stereocenters. The van der Waals surface area contributed by atoms with Crippen molar-refractivity contribution < 1.29 is 17.9 Å². The van der Waals surface area contributed by atoms with Gasteiger partial charge < -0.3 is 4.74 Å². The van der Waals surface area contributed by atoms with Crippen LogP contribution < -0.4 is 0 Å². The second-order valence-corrected chi connectivity index (χ2v) is 7.41. The van der Waals surface area contributed by atoms with Crippen molar-refractivity contribution in [2.24, 2.45) is 0 Å². The van der Waals surface area contributed by atoms with Crippen molar-refractivity contribution in [2.45, 2.75) is 14.7 Å². The third kappa shape index (κ3) is 4.05. The Hall–Kier alpha value is -1.86. The number of aromatic nitrogens is 1. The summed E-state index contributed by atoms with van der Waals surface area (Å²) in [5, 5.41) is 0. The number of esters is 1. The number of hydrogen-bond donors (Lipinski definition) is 0. The first kappa shape index (κ1) is 15.5. The van der Waals surface area contributed by atoms with Gasteiger partial charge in [0, 0.05) is 28.4 Å². The number of ether oxygens (including phenoxy) is 1. The molecule has 0 fully saturated rings. The zero-order chi connectivity index (χ0) is 15.5. The minimum absolute atomic E-state index is 0.179. The maximum Gasteiger partial charge on any atom is 0.337 e. The second-order valence-electron chi connectivity index (χ2n) is 4.25. The molecule has 0 aliphatic heterocycles. The van der Waals surface area contributed by atoms with E-state index in [1.165, 1.54) is 25.1 Å². The van der Waals surface area contributed by atoms with Crippen molar-refractivity contribution in [2.75, 3.05) is 13.4 Å². The number of methoxy groups -OCH3 is 1. The summed E-state index contributed by atoms with van der Waals surface area (Å²) in [6, 6.07) is 8.42. The molecule has 1 heterocycles. The topological polar surface area (TPSA) is 73.3 Å². The van der Waals surface area contributed by atoms with Crippen LogP contribution in [0.4, 0.5) is 0 Å². The molecule has 0 saturated heterocycles. The van der Waals surface area contributed by atoms with Crippen LogP contribution in [0.5, 0.6) is 0 Å². The van der Waals surface area contributed by atoms with Gasteiger partial charge in [0.05, 0.1) is 17.6 Å². The van der Waals surface area contributed by atoms with Gasteiger partial charge >= 0.3 is 5.97 Å². The number of carbonyl (C=O) groups excluding carboxylic acids is 1. The zero-order valence-corrected chi connectivity index (χ0v) is 13.1. The SMILES string of the molecule is COC(=O)c1ccc(Sc2cncc(S(C)(=O)=O)c2)cc1. The molecule has 7 heteroatoms. The molecule has 0 saturated carbocycles. The standard InChI is InChI=1S/C14H13NO4S2/c1-19-14(16)10-3-5-11(6-4-10)20-12-7-13(9-15-8-12)21(2,17)18/h3-9H,1-2H3. The number of rotatable bonds is 4. The molecule has 2 aromatic rings. The molecule has 0 radical (unpaired) electrons. The Labute approximate surface area is 127 Å². The summed E-state index contributed by atoms with van der Waals surface area (Å²) in [4.78, 5) is 17.0. The van der Waals surface area contributed by atoms with Gasteiger partial charge in [-0.15, -0.1) is 0 Å². The molecule has 5 nitrogen and oxygen atoms in total. The quantitative estimate of drug-likeness (QED) is 0.805. The highest BCUT2D eigenvalue weighted by molar-refractivity contribution is 7.99. The molecule has 0 spiro atoms. The van der Waals surface area contributed by atoms with E-state index < -0.39 is 15.8 Å². The van der Waals surface area contributed by atoms with Crippen molar-refractivity contribution >= 4 is 27.6 Å². The van der Waals surface area contributed by atoms with Crippen LogP contribution in [0.2, 0.25) is 0 Å². The van der Waals surface area contributed by atoms with Crippen LogP contribution in [0.15, 0.2) is 57.4 Å². The number of sulfone groups is 1. The van der Waals surface area contributed by atoms with Crippen molar-refractivity contribution in [3.05, 3.63) is 48.3 Å². The third-order valence-electron chi connectivity index (χ3n) is 2.63. The fraction of sp³-hybridized carbons (Fsp3) is 0.143. The van der Waals surface area contributed by atoms with Crippen molar-refractivity contribution in [1.29, 1.82) is 0 Å². The zero-order valence-electron chi connectivity index (χ0n) is 11.4. The summed E-state index contributed by atoms with van der Waals surface area (Å²) in [7, 11) is -1.95. The summed E-state index contributed by atoms with van der Waals surface area (Å²) in [5.74, 6) is -0.396. The summed E-state index contributed by atoms with van der Waals surface area (Å²) in [5.41, 5.74) is 0.463. The van der Waals surface area contributed by atoms with Gasteiger partial charge in [0.1, 0.15) is 0 Å². The average molecular weight is 323 g/mol. The van der Waals surface area contributed by atoms with E-state index in [-0.39, 0.29) is 4.90 Å². The number of nitrogens with zero attached hydrogens (tertiary/aromatic N) is 1. The highest BCUT2D eigenvalue weighted by atomic mass is 32.2. The summed E-state index contributed by atoms with van der Waals surface area (Å²) in [6.07, 6.45) is 4.05. The van der Waals surface area contributed by atoms with Crippen molar-refractivity contribution in [3.63, 3.8) is 0 Å². The Balaban J connectivity index is 2.21. The van der Waals surface area contributed by atoms with Crippen LogP contribution in [-0.2, 0) is 14.6 Å². The minimum Gasteiger partial charge on any atom is -0.465 e. The van der Waals surface area contributed by atoms with Gasteiger partial charge in [0.15, 0.2) is 9.84 Å². The lowest BCUT2D eigenvalue weighted by Crippen LogP contribution is -2.00. The number of hydrogen-bond acceptors (Lipinski definition) is 6. The average Bonchev–Trinajstić information content (AvgIpc) is 2.47. The van der Waals surface area contributed by atoms with Crippen molar-refractivity contribution in [1.82, 2.24) is 4.98 Å². The molecule has 0 atom stereocenters. The van der Waals surface area contributed by atoms with Crippen LogP contribution in [0.25, 0.3) is 0 Å². The highest BCUT2D eigenvalue weighted by Crippen LogP contribution is 2.28. The minimum atomic E-state index is -3.28. The lowest BCUT2D eigenvalue weighted by atomic mass is 10.2. The summed E-state index contributed by atoms with van der Waals surface area (Å²) in [6.45, 7) is 0. The molecular weight excluding hydrogens is 310 g/mol. The first-order valence-electron chi connectivity index (χ1n) is 5.91. The Kier molecular flexibility index (Phi) is 4.64. The maximum absolute atomic E-state index is 11.5. The van der Waals surface area contributed by atoms with E-state index in [0.717, 1.165) is 11.2 Å². The lowest BCUT2D eigenvalue weighted by molar-refractivity contribution is 0.0600. The van der Waals surface area contributed by atoms with Gasteiger partial charge in [0.2, 0.25) is 0 Å². The largest absolute Gasteiger partial charge is 0.465 e. The van der Waals surface area contributed by atoms with E-state index in [9.17, 15) is 13.2 Å². The molecule has 0 bridgehead atoms. The van der Waals surface area contributed by atoms with Gasteiger partial charge in [-0.05, 0) is 30.3 Å². The number of carbonyl (C=O) groups is 1. The van der Waals surface area contributed by atoms with Crippen LogP contribution in [0.1, 0.15) is 10.4 Å². The van der Waals surface area contributed by atoms with Gasteiger partial charge in [-0.3, -0.25) is 4.98 Å². The van der Waals surface area contributed by atoms with E-state index in [1.807, 2.05) is 0 Å². The van der Waals surface area contributed by atoms with Crippen LogP contribution in [0, 0.1) is 0 Å². The van der Waals surface area contributed by atoms with E-state index >= 15 is 0 Å². The molecule has 2 rings (SSSR count). The number of benzene rings is 1. The molecule has 110 valence electrons. The second kappa shape index (κ2) is 6.28. The van der Waals surface area contributed by atoms with E-state index in [2.05, 4.69) is 9.72 Å².